The molecule has 0 unspecified atom stereocenters. The molecule has 1 aliphatic rings. The Morgan fingerprint density at radius 3 is 2.67 bits per heavy atom. The maximum atomic E-state index is 12.3. The van der Waals surface area contributed by atoms with Gasteiger partial charge in [-0.05, 0) is 19.2 Å². The van der Waals surface area contributed by atoms with Crippen LogP contribution in [0.3, 0.4) is 0 Å². The van der Waals surface area contributed by atoms with Gasteiger partial charge in [-0.1, -0.05) is 23.9 Å². The van der Waals surface area contributed by atoms with Gasteiger partial charge in [0.1, 0.15) is 6.33 Å². The van der Waals surface area contributed by atoms with Crippen LogP contribution in [0.15, 0.2) is 35.7 Å². The maximum absolute atomic E-state index is 12.3. The molecular formula is C16H22N6OS. The van der Waals surface area contributed by atoms with Gasteiger partial charge in [-0.25, -0.2) is 0 Å². The van der Waals surface area contributed by atoms with Crippen molar-refractivity contribution in [2.75, 3.05) is 49.2 Å². The van der Waals surface area contributed by atoms with Crippen LogP contribution in [0.25, 0.3) is 0 Å². The number of carbonyl (C=O) groups is 1. The van der Waals surface area contributed by atoms with E-state index in [1.807, 2.05) is 25.2 Å². The Bertz CT molecular complexity index is 695. The highest BCUT2D eigenvalue weighted by Gasteiger charge is 2.17. The van der Waals surface area contributed by atoms with E-state index in [1.165, 1.54) is 11.8 Å². The number of amides is 1. The monoisotopic (exact) mass is 346 g/mol. The van der Waals surface area contributed by atoms with Crippen molar-refractivity contribution < 1.29 is 4.79 Å². The minimum atomic E-state index is -0.0374. The summed E-state index contributed by atoms with van der Waals surface area (Å²) in [6.45, 7) is 4.00. The molecule has 0 aliphatic carbocycles. The normalized spacial score (nSPS) is 15.5. The first-order valence-corrected chi connectivity index (χ1v) is 8.91. The summed E-state index contributed by atoms with van der Waals surface area (Å²) < 4.78 is 1.80. The van der Waals surface area contributed by atoms with E-state index < -0.39 is 0 Å². The van der Waals surface area contributed by atoms with Gasteiger partial charge in [-0.2, -0.15) is 0 Å². The van der Waals surface area contributed by atoms with Crippen LogP contribution in [0, 0.1) is 0 Å². The topological polar surface area (TPSA) is 66.3 Å². The van der Waals surface area contributed by atoms with Crippen LogP contribution in [0.5, 0.6) is 0 Å². The zero-order chi connectivity index (χ0) is 16.9. The van der Waals surface area contributed by atoms with Crippen LogP contribution in [-0.2, 0) is 11.8 Å². The molecule has 1 aromatic carbocycles. The second-order valence-electron chi connectivity index (χ2n) is 5.87. The van der Waals surface area contributed by atoms with Crippen molar-refractivity contribution in [2.45, 2.75) is 5.16 Å². The highest BCUT2D eigenvalue weighted by Crippen LogP contribution is 2.27. The highest BCUT2D eigenvalue weighted by molar-refractivity contribution is 7.99. The zero-order valence-electron chi connectivity index (χ0n) is 14.0. The average Bonchev–Trinajstić information content (AvgIpc) is 2.99. The predicted octanol–water partition coefficient (Wildman–Crippen LogP) is 1.30. The number of aromatic nitrogens is 3. The number of hydrogen-bond acceptors (Lipinski definition) is 6. The summed E-state index contributed by atoms with van der Waals surface area (Å²) in [6, 6.07) is 7.98. The molecule has 2 aromatic rings. The SMILES string of the molecule is CN1CCN(c2ccccc2NC(=O)CSc2nncn2C)CC1. The fourth-order valence-corrected chi connectivity index (χ4v) is 3.31. The molecule has 0 radical (unpaired) electrons. The number of para-hydroxylation sites is 2. The van der Waals surface area contributed by atoms with Crippen LogP contribution < -0.4 is 10.2 Å². The number of benzene rings is 1. The van der Waals surface area contributed by atoms with E-state index in [0.29, 0.717) is 5.75 Å². The molecule has 1 saturated heterocycles. The predicted molar refractivity (Wildman–Crippen MR) is 96.5 cm³/mol. The number of likely N-dealkylation sites (N-methyl/N-ethyl adjacent to an activating group) is 1. The van der Waals surface area contributed by atoms with Crippen molar-refractivity contribution >= 4 is 29.0 Å². The Kier molecular flexibility index (Phi) is 5.37. The molecule has 0 atom stereocenters. The second kappa shape index (κ2) is 7.67. The maximum Gasteiger partial charge on any atom is 0.234 e. The number of carbonyl (C=O) groups excluding carboxylic acids is 1. The summed E-state index contributed by atoms with van der Waals surface area (Å²) in [7, 11) is 4.00. The molecule has 1 amide bonds. The lowest BCUT2D eigenvalue weighted by atomic mass is 10.2. The van der Waals surface area contributed by atoms with Crippen molar-refractivity contribution in [3.63, 3.8) is 0 Å². The van der Waals surface area contributed by atoms with E-state index in [2.05, 4.69) is 38.4 Å². The Labute approximate surface area is 146 Å². The lowest BCUT2D eigenvalue weighted by Gasteiger charge is -2.35. The summed E-state index contributed by atoms with van der Waals surface area (Å²) in [5.41, 5.74) is 1.95. The molecule has 1 aromatic heterocycles. The second-order valence-corrected chi connectivity index (χ2v) is 6.81. The van der Waals surface area contributed by atoms with Crippen molar-refractivity contribution in [3.8, 4) is 0 Å². The van der Waals surface area contributed by atoms with Gasteiger partial charge in [0.2, 0.25) is 5.91 Å². The van der Waals surface area contributed by atoms with Gasteiger partial charge in [-0.3, -0.25) is 4.79 Å². The molecule has 0 saturated carbocycles. The third kappa shape index (κ3) is 4.07. The number of nitrogens with zero attached hydrogens (tertiary/aromatic N) is 5. The number of rotatable bonds is 5. The van der Waals surface area contributed by atoms with Gasteiger partial charge in [-0.15, -0.1) is 10.2 Å². The van der Waals surface area contributed by atoms with Crippen LogP contribution in [0.1, 0.15) is 0 Å². The fraction of sp³-hybridized carbons (Fsp3) is 0.438. The molecule has 0 spiro atoms. The number of thioether (sulfide) groups is 1. The van der Waals surface area contributed by atoms with E-state index in [4.69, 9.17) is 0 Å². The van der Waals surface area contributed by atoms with E-state index in [0.717, 1.165) is 42.7 Å². The summed E-state index contributed by atoms with van der Waals surface area (Å²) in [4.78, 5) is 16.9. The first kappa shape index (κ1) is 16.8. The summed E-state index contributed by atoms with van der Waals surface area (Å²) in [6.07, 6.45) is 1.63. The standard InChI is InChI=1S/C16H22N6OS/c1-20-7-9-22(10-8-20)14-6-4-3-5-13(14)18-15(23)11-24-16-19-17-12-21(16)2/h3-6,12H,7-11H2,1-2H3,(H,18,23). The summed E-state index contributed by atoms with van der Waals surface area (Å²) >= 11 is 1.38. The van der Waals surface area contributed by atoms with E-state index >= 15 is 0 Å². The smallest absolute Gasteiger partial charge is 0.234 e. The highest BCUT2D eigenvalue weighted by atomic mass is 32.2. The Morgan fingerprint density at radius 2 is 1.96 bits per heavy atom. The van der Waals surface area contributed by atoms with Crippen LogP contribution in [0.4, 0.5) is 11.4 Å². The molecular weight excluding hydrogens is 324 g/mol. The van der Waals surface area contributed by atoms with E-state index in [9.17, 15) is 4.79 Å². The number of piperazine rings is 1. The largest absolute Gasteiger partial charge is 0.367 e. The molecule has 0 bridgehead atoms. The van der Waals surface area contributed by atoms with Crippen molar-refractivity contribution in [2.24, 2.45) is 7.05 Å². The van der Waals surface area contributed by atoms with Crippen LogP contribution in [-0.4, -0.2) is 64.6 Å². The minimum Gasteiger partial charge on any atom is -0.367 e. The molecule has 1 fully saturated rings. The van der Waals surface area contributed by atoms with Gasteiger partial charge in [0.25, 0.3) is 0 Å². The van der Waals surface area contributed by atoms with Gasteiger partial charge >= 0.3 is 0 Å². The zero-order valence-corrected chi connectivity index (χ0v) is 14.8. The molecule has 7 nitrogen and oxygen atoms in total. The van der Waals surface area contributed by atoms with Crippen molar-refractivity contribution in [1.82, 2.24) is 19.7 Å². The number of nitrogens with one attached hydrogen (secondary N) is 1. The Balaban J connectivity index is 1.62. The third-order valence-corrected chi connectivity index (χ3v) is 5.06. The summed E-state index contributed by atoms with van der Waals surface area (Å²) in [5, 5.41) is 11.6. The van der Waals surface area contributed by atoms with Gasteiger partial charge in [0.05, 0.1) is 17.1 Å². The molecule has 24 heavy (non-hydrogen) atoms. The minimum absolute atomic E-state index is 0.0374. The van der Waals surface area contributed by atoms with E-state index in [1.54, 1.807) is 10.9 Å². The Hall–Kier alpha value is -2.06. The lowest BCUT2D eigenvalue weighted by molar-refractivity contribution is -0.113. The molecule has 8 heteroatoms. The first-order chi connectivity index (χ1) is 11.6. The average molecular weight is 346 g/mol. The van der Waals surface area contributed by atoms with Crippen molar-refractivity contribution in [3.05, 3.63) is 30.6 Å². The number of anilines is 2. The van der Waals surface area contributed by atoms with Gasteiger partial charge in [0, 0.05) is 33.2 Å². The first-order valence-electron chi connectivity index (χ1n) is 7.92. The van der Waals surface area contributed by atoms with Crippen LogP contribution >= 0.6 is 11.8 Å². The number of hydrogen-bond donors (Lipinski definition) is 1. The molecule has 1 aliphatic heterocycles. The molecule has 1 N–H and O–H groups in total. The molecule has 3 rings (SSSR count). The van der Waals surface area contributed by atoms with E-state index in [-0.39, 0.29) is 5.91 Å². The number of aryl methyl sites for hydroxylation is 1. The Morgan fingerprint density at radius 1 is 1.21 bits per heavy atom. The molecule has 2 heterocycles. The van der Waals surface area contributed by atoms with Gasteiger partial charge < -0.3 is 19.7 Å². The van der Waals surface area contributed by atoms with Crippen LogP contribution in [0.2, 0.25) is 0 Å². The molecule has 128 valence electrons. The van der Waals surface area contributed by atoms with Crippen molar-refractivity contribution in [1.29, 1.82) is 0 Å². The summed E-state index contributed by atoms with van der Waals surface area (Å²) in [5.74, 6) is 0.272. The van der Waals surface area contributed by atoms with Gasteiger partial charge in [0.15, 0.2) is 5.16 Å². The third-order valence-electron chi connectivity index (χ3n) is 4.02. The fourth-order valence-electron chi connectivity index (χ4n) is 2.62. The quantitative estimate of drug-likeness (QED) is 0.823. The lowest BCUT2D eigenvalue weighted by Crippen LogP contribution is -2.44.